The number of imidazole rings is 1. The van der Waals surface area contributed by atoms with Gasteiger partial charge in [0.15, 0.2) is 0 Å². The number of fused-ring (bicyclic) bond motifs is 1. The zero-order valence-corrected chi connectivity index (χ0v) is 17.5. The summed E-state index contributed by atoms with van der Waals surface area (Å²) in [7, 11) is 0. The molecule has 3 aromatic heterocycles. The molecule has 31 heavy (non-hydrogen) atoms. The normalized spacial score (nSPS) is 19.2. The predicted molar refractivity (Wildman–Crippen MR) is 111 cm³/mol. The van der Waals surface area contributed by atoms with E-state index in [1.54, 1.807) is 33.2 Å². The highest BCUT2D eigenvalue weighted by Gasteiger charge is 2.42. The molecule has 2 atom stereocenters. The van der Waals surface area contributed by atoms with Gasteiger partial charge in [0.1, 0.15) is 22.8 Å². The van der Waals surface area contributed by atoms with Crippen molar-refractivity contribution in [2.75, 3.05) is 11.9 Å². The van der Waals surface area contributed by atoms with Crippen molar-refractivity contribution in [2.45, 2.75) is 51.3 Å². The number of anilines is 1. The van der Waals surface area contributed by atoms with Crippen LogP contribution in [0.3, 0.4) is 0 Å². The minimum atomic E-state index is -2.67. The minimum absolute atomic E-state index is 0.0818. The smallest absolute Gasteiger partial charge is 0.410 e. The molecule has 0 bridgehead atoms. The average Bonchev–Trinajstić information content (AvgIpc) is 3.31. The lowest BCUT2D eigenvalue weighted by molar-refractivity contribution is -0.00227. The fourth-order valence-electron chi connectivity index (χ4n) is 3.63. The molecule has 10 heteroatoms. The number of aromatic nitrogens is 4. The molecule has 1 N–H and O–H groups in total. The Balaban J connectivity index is 1.52. The first-order valence-electron chi connectivity index (χ1n) is 10.00. The number of carbonyl (C=O) groups is 1. The molecule has 0 aromatic carbocycles. The molecule has 0 radical (unpaired) electrons. The Labute approximate surface area is 178 Å². The van der Waals surface area contributed by atoms with Gasteiger partial charge in [-0.3, -0.25) is 14.3 Å². The van der Waals surface area contributed by atoms with E-state index in [0.29, 0.717) is 11.5 Å². The molecule has 164 valence electrons. The molecule has 0 aliphatic carbocycles. The third kappa shape index (κ3) is 4.57. The van der Waals surface area contributed by atoms with E-state index in [2.05, 4.69) is 20.3 Å². The van der Waals surface area contributed by atoms with Crippen LogP contribution in [0.5, 0.6) is 0 Å². The lowest BCUT2D eigenvalue weighted by atomic mass is 10.2. The predicted octanol–water partition coefficient (Wildman–Crippen LogP) is 3.85. The molecule has 1 amide bonds. The number of pyridine rings is 1. The van der Waals surface area contributed by atoms with Gasteiger partial charge in [-0.2, -0.15) is 0 Å². The van der Waals surface area contributed by atoms with Crippen LogP contribution >= 0.6 is 0 Å². The Morgan fingerprint density at radius 1 is 1.26 bits per heavy atom. The SMILES string of the molecule is CC(C)(C)OC(=O)N1CC(Nc2cncc(-c3cnc4ccccn34)n2)CC1C(F)F. The molecule has 1 aliphatic rings. The monoisotopic (exact) mass is 430 g/mol. The molecule has 3 aromatic rings. The van der Waals surface area contributed by atoms with Crippen molar-refractivity contribution in [3.8, 4) is 11.4 Å². The van der Waals surface area contributed by atoms with Crippen molar-refractivity contribution < 1.29 is 18.3 Å². The summed E-state index contributed by atoms with van der Waals surface area (Å²) in [6, 6.07) is 4.04. The lowest BCUT2D eigenvalue weighted by Crippen LogP contribution is -2.43. The molecule has 4 rings (SSSR count). The average molecular weight is 430 g/mol. The molecule has 1 fully saturated rings. The first kappa shape index (κ1) is 21.0. The molecule has 8 nitrogen and oxygen atoms in total. The van der Waals surface area contributed by atoms with E-state index < -0.39 is 30.2 Å². The van der Waals surface area contributed by atoms with Crippen LogP contribution in [0.1, 0.15) is 27.2 Å². The quantitative estimate of drug-likeness (QED) is 0.677. The number of alkyl halides is 2. The molecule has 0 spiro atoms. The molecule has 1 aliphatic heterocycles. The number of likely N-dealkylation sites (tertiary alicyclic amines) is 1. The number of ether oxygens (including phenoxy) is 1. The fraction of sp³-hybridized carbons (Fsp3) is 0.429. The van der Waals surface area contributed by atoms with Gasteiger partial charge in [-0.05, 0) is 39.3 Å². The van der Waals surface area contributed by atoms with E-state index in [-0.39, 0.29) is 13.0 Å². The third-order valence-electron chi connectivity index (χ3n) is 4.93. The highest BCUT2D eigenvalue weighted by molar-refractivity contribution is 5.69. The fourth-order valence-corrected chi connectivity index (χ4v) is 3.63. The summed E-state index contributed by atoms with van der Waals surface area (Å²) < 4.78 is 34.3. The first-order chi connectivity index (χ1) is 14.7. The van der Waals surface area contributed by atoms with Crippen LogP contribution in [0.25, 0.3) is 17.0 Å². The maximum atomic E-state index is 13.6. The molecular weight excluding hydrogens is 406 g/mol. The van der Waals surface area contributed by atoms with Crippen molar-refractivity contribution in [3.05, 3.63) is 43.0 Å². The first-order valence-corrected chi connectivity index (χ1v) is 10.00. The Morgan fingerprint density at radius 2 is 2.06 bits per heavy atom. The van der Waals surface area contributed by atoms with E-state index in [1.165, 1.54) is 6.20 Å². The second-order valence-electron chi connectivity index (χ2n) is 8.47. The Bertz CT molecular complexity index is 1080. The van der Waals surface area contributed by atoms with Gasteiger partial charge in [0.05, 0.1) is 30.3 Å². The maximum absolute atomic E-state index is 13.6. The zero-order chi connectivity index (χ0) is 22.2. The Morgan fingerprint density at radius 3 is 2.81 bits per heavy atom. The van der Waals surface area contributed by atoms with Crippen LogP contribution in [0.2, 0.25) is 0 Å². The zero-order valence-electron chi connectivity index (χ0n) is 17.5. The molecule has 0 saturated carbocycles. The second kappa shape index (κ2) is 8.09. The summed E-state index contributed by atoms with van der Waals surface area (Å²) >= 11 is 0. The lowest BCUT2D eigenvalue weighted by Gasteiger charge is -2.28. The molecule has 1 saturated heterocycles. The highest BCUT2D eigenvalue weighted by atomic mass is 19.3. The topological polar surface area (TPSA) is 84.6 Å². The molecule has 4 heterocycles. The van der Waals surface area contributed by atoms with E-state index in [4.69, 9.17) is 4.74 Å². The van der Waals surface area contributed by atoms with Gasteiger partial charge in [-0.1, -0.05) is 6.07 Å². The van der Waals surface area contributed by atoms with E-state index in [0.717, 1.165) is 16.2 Å². The summed E-state index contributed by atoms with van der Waals surface area (Å²) in [4.78, 5) is 26.7. The third-order valence-corrected chi connectivity index (χ3v) is 4.93. The molecular formula is C21H24F2N6O2. The number of nitrogens with zero attached hydrogens (tertiary/aromatic N) is 5. The van der Waals surface area contributed by atoms with Crippen LogP contribution in [0.15, 0.2) is 43.0 Å². The maximum Gasteiger partial charge on any atom is 0.410 e. The number of halogens is 2. The number of hydrogen-bond acceptors (Lipinski definition) is 6. The van der Waals surface area contributed by atoms with Crippen LogP contribution < -0.4 is 5.32 Å². The van der Waals surface area contributed by atoms with Gasteiger partial charge in [0.2, 0.25) is 0 Å². The second-order valence-corrected chi connectivity index (χ2v) is 8.47. The van der Waals surface area contributed by atoms with Crippen molar-refractivity contribution in [3.63, 3.8) is 0 Å². The highest BCUT2D eigenvalue weighted by Crippen LogP contribution is 2.28. The Kier molecular flexibility index (Phi) is 5.47. The van der Waals surface area contributed by atoms with Gasteiger partial charge in [-0.15, -0.1) is 0 Å². The van der Waals surface area contributed by atoms with Crippen LogP contribution in [0, 0.1) is 0 Å². The van der Waals surface area contributed by atoms with Crippen molar-refractivity contribution in [1.29, 1.82) is 0 Å². The minimum Gasteiger partial charge on any atom is -0.444 e. The van der Waals surface area contributed by atoms with Crippen molar-refractivity contribution in [1.82, 2.24) is 24.3 Å². The van der Waals surface area contributed by atoms with Gasteiger partial charge in [-0.25, -0.2) is 23.5 Å². The number of amides is 1. The van der Waals surface area contributed by atoms with Crippen LogP contribution in [-0.4, -0.2) is 61.0 Å². The number of rotatable bonds is 4. The van der Waals surface area contributed by atoms with Gasteiger partial charge < -0.3 is 10.1 Å². The van der Waals surface area contributed by atoms with E-state index in [1.807, 2.05) is 28.8 Å². The largest absolute Gasteiger partial charge is 0.444 e. The summed E-state index contributed by atoms with van der Waals surface area (Å²) in [5, 5.41) is 3.14. The number of hydrogen-bond donors (Lipinski definition) is 1. The Hall–Kier alpha value is -3.30. The van der Waals surface area contributed by atoms with E-state index in [9.17, 15) is 13.6 Å². The number of nitrogens with one attached hydrogen (secondary N) is 1. The van der Waals surface area contributed by atoms with Gasteiger partial charge >= 0.3 is 6.09 Å². The summed E-state index contributed by atoms with van der Waals surface area (Å²) in [5.74, 6) is 0.437. The number of carbonyl (C=O) groups excluding carboxylic acids is 1. The van der Waals surface area contributed by atoms with Gasteiger partial charge in [0.25, 0.3) is 6.43 Å². The summed E-state index contributed by atoms with van der Waals surface area (Å²) in [6.07, 6.45) is 3.39. The molecule has 2 unspecified atom stereocenters. The standard InChI is InChI=1S/C21H24F2N6O2/c1-21(2,3)31-20(30)29-12-13(8-15(29)19(22)23)26-17-11-24-9-14(27-17)16-10-25-18-6-4-5-7-28(16)18/h4-7,9-11,13,15,19H,8,12H2,1-3H3,(H,26,27). The van der Waals surface area contributed by atoms with Crippen LogP contribution in [0.4, 0.5) is 19.4 Å². The van der Waals surface area contributed by atoms with E-state index >= 15 is 0 Å². The summed E-state index contributed by atoms with van der Waals surface area (Å²) in [5.41, 5.74) is 1.37. The summed E-state index contributed by atoms with van der Waals surface area (Å²) in [6.45, 7) is 5.20. The van der Waals surface area contributed by atoms with Crippen molar-refractivity contribution >= 4 is 17.6 Å². The van der Waals surface area contributed by atoms with Gasteiger partial charge in [0, 0.05) is 18.8 Å². The van der Waals surface area contributed by atoms with Crippen molar-refractivity contribution in [2.24, 2.45) is 0 Å². The van der Waals surface area contributed by atoms with Crippen LogP contribution in [-0.2, 0) is 4.74 Å².